The molecule has 0 bridgehead atoms. The molecule has 0 spiro atoms. The van der Waals surface area contributed by atoms with Crippen molar-refractivity contribution in [1.82, 2.24) is 14.8 Å². The first-order chi connectivity index (χ1) is 9.45. The highest BCUT2D eigenvalue weighted by atomic mass is 16.2. The van der Waals surface area contributed by atoms with Crippen LogP contribution in [-0.4, -0.2) is 40.3 Å². The van der Waals surface area contributed by atoms with Crippen LogP contribution < -0.4 is 0 Å². The van der Waals surface area contributed by atoms with Gasteiger partial charge < -0.3 is 9.80 Å². The summed E-state index contributed by atoms with van der Waals surface area (Å²) < 4.78 is 0. The van der Waals surface area contributed by atoms with Gasteiger partial charge in [-0.3, -0.25) is 9.78 Å². The number of likely N-dealkylation sites (N-methyl/N-ethyl adjacent to an activating group) is 2. The molecule has 2 heterocycles. The number of hydrogen-bond donors (Lipinski definition) is 0. The molecule has 0 fully saturated rings. The molecule has 0 saturated carbocycles. The highest BCUT2D eigenvalue weighted by Crippen LogP contribution is 2.28. The SMILES string of the molecule is CCN1C=C(c2ccnc(C)c2)N(C)C(=O)C1C(C)C. The molecule has 1 atom stereocenters. The molecular weight excluding hydrogens is 250 g/mol. The van der Waals surface area contributed by atoms with E-state index in [0.717, 1.165) is 23.5 Å². The molecule has 108 valence electrons. The van der Waals surface area contributed by atoms with Crippen molar-refractivity contribution >= 4 is 11.6 Å². The molecule has 1 aromatic heterocycles. The maximum absolute atomic E-state index is 12.6. The molecule has 4 heteroatoms. The largest absolute Gasteiger partial charge is 0.364 e. The zero-order chi connectivity index (χ0) is 14.9. The Labute approximate surface area is 121 Å². The Balaban J connectivity index is 2.46. The van der Waals surface area contributed by atoms with Crippen molar-refractivity contribution in [2.45, 2.75) is 33.7 Å². The zero-order valence-electron chi connectivity index (χ0n) is 12.9. The number of amides is 1. The van der Waals surface area contributed by atoms with Crippen LogP contribution in [0, 0.1) is 12.8 Å². The zero-order valence-corrected chi connectivity index (χ0v) is 12.9. The number of nitrogens with zero attached hydrogens (tertiary/aromatic N) is 3. The Morgan fingerprint density at radius 2 is 2.10 bits per heavy atom. The third-order valence-corrected chi connectivity index (χ3v) is 3.78. The Bertz CT molecular complexity index is 536. The van der Waals surface area contributed by atoms with E-state index in [1.807, 2.05) is 26.1 Å². The van der Waals surface area contributed by atoms with Gasteiger partial charge in [0.2, 0.25) is 5.91 Å². The fraction of sp³-hybridized carbons (Fsp3) is 0.500. The van der Waals surface area contributed by atoms with Crippen LogP contribution in [0.2, 0.25) is 0 Å². The molecule has 0 saturated heterocycles. The van der Waals surface area contributed by atoms with Crippen LogP contribution in [0.3, 0.4) is 0 Å². The van der Waals surface area contributed by atoms with Crippen LogP contribution in [0.15, 0.2) is 24.5 Å². The smallest absolute Gasteiger partial charge is 0.249 e. The average molecular weight is 273 g/mol. The monoisotopic (exact) mass is 273 g/mol. The van der Waals surface area contributed by atoms with Crippen molar-refractivity contribution in [3.8, 4) is 0 Å². The lowest BCUT2D eigenvalue weighted by atomic mass is 9.98. The minimum Gasteiger partial charge on any atom is -0.364 e. The second kappa shape index (κ2) is 5.65. The molecule has 0 aliphatic carbocycles. The normalized spacial score (nSPS) is 19.6. The number of rotatable bonds is 3. The van der Waals surface area contributed by atoms with Gasteiger partial charge in [-0.2, -0.15) is 0 Å². The van der Waals surface area contributed by atoms with Crippen LogP contribution in [0.25, 0.3) is 5.70 Å². The molecule has 1 aliphatic heterocycles. The molecule has 4 nitrogen and oxygen atoms in total. The van der Waals surface area contributed by atoms with E-state index in [9.17, 15) is 4.79 Å². The standard InChI is InChI=1S/C16H23N3O/c1-6-19-10-14(13-7-8-17-12(4)9-13)18(5)16(20)15(19)11(2)3/h7-11,15H,6H2,1-5H3. The lowest BCUT2D eigenvalue weighted by Gasteiger charge is -2.40. The van der Waals surface area contributed by atoms with Gasteiger partial charge in [0.15, 0.2) is 0 Å². The van der Waals surface area contributed by atoms with Crippen molar-refractivity contribution in [1.29, 1.82) is 0 Å². The van der Waals surface area contributed by atoms with E-state index >= 15 is 0 Å². The van der Waals surface area contributed by atoms with Crippen molar-refractivity contribution in [3.05, 3.63) is 35.8 Å². The summed E-state index contributed by atoms with van der Waals surface area (Å²) in [7, 11) is 1.85. The molecule has 0 radical (unpaired) electrons. The maximum atomic E-state index is 12.6. The molecule has 1 unspecified atom stereocenters. The average Bonchev–Trinajstić information content (AvgIpc) is 2.41. The Kier molecular flexibility index (Phi) is 4.12. The van der Waals surface area contributed by atoms with Gasteiger partial charge in [-0.15, -0.1) is 0 Å². The molecule has 0 N–H and O–H groups in total. The number of aromatic nitrogens is 1. The Morgan fingerprint density at radius 1 is 1.40 bits per heavy atom. The van der Waals surface area contributed by atoms with E-state index in [4.69, 9.17) is 0 Å². The summed E-state index contributed by atoms with van der Waals surface area (Å²) in [6.45, 7) is 9.06. The number of carbonyl (C=O) groups is 1. The number of hydrogen-bond acceptors (Lipinski definition) is 3. The van der Waals surface area contributed by atoms with Gasteiger partial charge in [0.25, 0.3) is 0 Å². The molecule has 2 rings (SSSR count). The second-order valence-electron chi connectivity index (χ2n) is 5.62. The summed E-state index contributed by atoms with van der Waals surface area (Å²) in [6, 6.07) is 3.89. The first-order valence-electron chi connectivity index (χ1n) is 7.13. The van der Waals surface area contributed by atoms with Gasteiger partial charge in [0, 0.05) is 37.2 Å². The summed E-state index contributed by atoms with van der Waals surface area (Å²) in [5, 5.41) is 0. The van der Waals surface area contributed by atoms with Gasteiger partial charge in [-0.05, 0) is 31.9 Å². The van der Waals surface area contributed by atoms with Crippen molar-refractivity contribution in [3.63, 3.8) is 0 Å². The Morgan fingerprint density at radius 3 is 2.65 bits per heavy atom. The molecule has 1 amide bonds. The highest BCUT2D eigenvalue weighted by Gasteiger charge is 2.35. The van der Waals surface area contributed by atoms with E-state index in [-0.39, 0.29) is 11.9 Å². The lowest BCUT2D eigenvalue weighted by Crippen LogP contribution is -2.51. The minimum absolute atomic E-state index is 0.0725. The van der Waals surface area contributed by atoms with Gasteiger partial charge in [0.1, 0.15) is 6.04 Å². The van der Waals surface area contributed by atoms with Crippen molar-refractivity contribution in [2.75, 3.05) is 13.6 Å². The first-order valence-corrected chi connectivity index (χ1v) is 7.13. The molecule has 0 aromatic carbocycles. The van der Waals surface area contributed by atoms with Gasteiger partial charge >= 0.3 is 0 Å². The Hall–Kier alpha value is -1.84. The third kappa shape index (κ3) is 2.55. The summed E-state index contributed by atoms with van der Waals surface area (Å²) in [4.78, 5) is 20.8. The van der Waals surface area contributed by atoms with Crippen molar-refractivity contribution in [2.24, 2.45) is 5.92 Å². The van der Waals surface area contributed by atoms with E-state index < -0.39 is 0 Å². The van der Waals surface area contributed by atoms with E-state index in [1.54, 1.807) is 11.1 Å². The van der Waals surface area contributed by atoms with Crippen LogP contribution in [0.5, 0.6) is 0 Å². The van der Waals surface area contributed by atoms with Crippen LogP contribution in [0.1, 0.15) is 32.0 Å². The van der Waals surface area contributed by atoms with Crippen LogP contribution in [0.4, 0.5) is 0 Å². The highest BCUT2D eigenvalue weighted by molar-refractivity contribution is 5.92. The molecule has 1 aromatic rings. The van der Waals surface area contributed by atoms with Gasteiger partial charge in [-0.1, -0.05) is 13.8 Å². The predicted octanol–water partition coefficient (Wildman–Crippen LogP) is 2.51. The topological polar surface area (TPSA) is 36.4 Å². The molecule has 20 heavy (non-hydrogen) atoms. The summed E-state index contributed by atoms with van der Waals surface area (Å²) in [6.07, 6.45) is 3.88. The summed E-state index contributed by atoms with van der Waals surface area (Å²) >= 11 is 0. The minimum atomic E-state index is -0.0725. The van der Waals surface area contributed by atoms with Crippen molar-refractivity contribution < 1.29 is 4.79 Å². The number of aryl methyl sites for hydroxylation is 1. The summed E-state index contributed by atoms with van der Waals surface area (Å²) in [5.74, 6) is 0.454. The van der Waals surface area contributed by atoms with E-state index in [0.29, 0.717) is 5.92 Å². The third-order valence-electron chi connectivity index (χ3n) is 3.78. The second-order valence-corrected chi connectivity index (χ2v) is 5.62. The van der Waals surface area contributed by atoms with Gasteiger partial charge in [-0.25, -0.2) is 0 Å². The van der Waals surface area contributed by atoms with Crippen LogP contribution >= 0.6 is 0 Å². The van der Waals surface area contributed by atoms with Crippen LogP contribution in [-0.2, 0) is 4.79 Å². The fourth-order valence-electron chi connectivity index (χ4n) is 2.71. The quantitative estimate of drug-likeness (QED) is 0.849. The number of pyridine rings is 1. The fourth-order valence-corrected chi connectivity index (χ4v) is 2.71. The molecular formula is C16H23N3O. The van der Waals surface area contributed by atoms with E-state index in [1.165, 1.54) is 0 Å². The first kappa shape index (κ1) is 14.6. The van der Waals surface area contributed by atoms with E-state index in [2.05, 4.69) is 36.9 Å². The number of carbonyl (C=O) groups excluding carboxylic acids is 1. The lowest BCUT2D eigenvalue weighted by molar-refractivity contribution is -0.134. The summed E-state index contributed by atoms with van der Waals surface area (Å²) in [5.41, 5.74) is 2.94. The predicted molar refractivity (Wildman–Crippen MR) is 80.7 cm³/mol. The maximum Gasteiger partial charge on any atom is 0.249 e. The molecule has 1 aliphatic rings. The van der Waals surface area contributed by atoms with Gasteiger partial charge in [0.05, 0.1) is 5.70 Å².